The van der Waals surface area contributed by atoms with Crippen molar-refractivity contribution in [1.82, 2.24) is 9.88 Å². The second-order valence-corrected chi connectivity index (χ2v) is 5.45. The van der Waals surface area contributed by atoms with E-state index in [1.54, 1.807) is 12.1 Å². The molecule has 0 amide bonds. The highest BCUT2D eigenvalue weighted by atomic mass is 19.4. The van der Waals surface area contributed by atoms with E-state index < -0.39 is 18.7 Å². The molecule has 0 saturated carbocycles. The van der Waals surface area contributed by atoms with Crippen LogP contribution in [-0.2, 0) is 4.74 Å². The van der Waals surface area contributed by atoms with Crippen LogP contribution in [0.15, 0.2) is 12.1 Å². The average Bonchev–Trinajstić information content (AvgIpc) is 2.77. The summed E-state index contributed by atoms with van der Waals surface area (Å²) in [7, 11) is 2.66. The van der Waals surface area contributed by atoms with Crippen LogP contribution in [0.25, 0.3) is 0 Å². The fourth-order valence-electron chi connectivity index (χ4n) is 2.64. The standard InChI is InChI=1S/C15H20F3N3O3/c1-23-13-11(14(22)24-2)4-5-12(19-13)21-7-3-6-20(8-9-21)10-15(16,17)18/h4-5H,3,6-10H2,1-2H3. The number of carbonyl (C=O) groups excluding carboxylic acids is 1. The Morgan fingerprint density at radius 1 is 1.21 bits per heavy atom. The van der Waals surface area contributed by atoms with Gasteiger partial charge in [0.2, 0.25) is 5.88 Å². The van der Waals surface area contributed by atoms with Crippen molar-refractivity contribution in [2.24, 2.45) is 0 Å². The molecule has 0 N–H and O–H groups in total. The fourth-order valence-corrected chi connectivity index (χ4v) is 2.64. The maximum absolute atomic E-state index is 12.5. The molecule has 1 aliphatic rings. The Morgan fingerprint density at radius 3 is 2.58 bits per heavy atom. The molecule has 0 aromatic carbocycles. The van der Waals surface area contributed by atoms with Crippen LogP contribution in [0.2, 0.25) is 0 Å². The molecule has 9 heteroatoms. The molecule has 0 radical (unpaired) electrons. The summed E-state index contributed by atoms with van der Waals surface area (Å²) in [5.74, 6) is 0.141. The third-order valence-corrected chi connectivity index (χ3v) is 3.76. The predicted molar refractivity (Wildman–Crippen MR) is 81.5 cm³/mol. The van der Waals surface area contributed by atoms with E-state index in [2.05, 4.69) is 9.72 Å². The van der Waals surface area contributed by atoms with Gasteiger partial charge in [-0.15, -0.1) is 0 Å². The van der Waals surface area contributed by atoms with Crippen LogP contribution in [0.4, 0.5) is 19.0 Å². The van der Waals surface area contributed by atoms with Crippen LogP contribution in [0.1, 0.15) is 16.8 Å². The minimum absolute atomic E-state index is 0.135. The molecule has 1 aromatic rings. The predicted octanol–water partition coefficient (Wildman–Crippen LogP) is 1.95. The van der Waals surface area contributed by atoms with E-state index in [-0.39, 0.29) is 11.4 Å². The molecule has 24 heavy (non-hydrogen) atoms. The number of esters is 1. The number of hydrogen-bond donors (Lipinski definition) is 0. The van der Waals surface area contributed by atoms with Gasteiger partial charge in [0, 0.05) is 26.2 Å². The molecule has 0 unspecified atom stereocenters. The molecule has 0 spiro atoms. The molecule has 1 aliphatic heterocycles. The van der Waals surface area contributed by atoms with Gasteiger partial charge < -0.3 is 14.4 Å². The Kier molecular flexibility index (Phi) is 5.87. The number of aromatic nitrogens is 1. The van der Waals surface area contributed by atoms with E-state index in [9.17, 15) is 18.0 Å². The number of alkyl halides is 3. The number of carbonyl (C=O) groups is 1. The van der Waals surface area contributed by atoms with Crippen molar-refractivity contribution in [3.63, 3.8) is 0 Å². The smallest absolute Gasteiger partial charge is 0.401 e. The first-order valence-corrected chi connectivity index (χ1v) is 7.51. The third-order valence-electron chi connectivity index (χ3n) is 3.76. The molecule has 134 valence electrons. The lowest BCUT2D eigenvalue weighted by atomic mass is 10.2. The molecule has 1 aromatic heterocycles. The van der Waals surface area contributed by atoms with Crippen LogP contribution >= 0.6 is 0 Å². The highest BCUT2D eigenvalue weighted by Gasteiger charge is 2.31. The Bertz CT molecular complexity index is 581. The number of pyridine rings is 1. The van der Waals surface area contributed by atoms with Gasteiger partial charge in [-0.2, -0.15) is 18.2 Å². The van der Waals surface area contributed by atoms with Crippen molar-refractivity contribution < 1.29 is 27.4 Å². The Hall–Kier alpha value is -2.03. The maximum atomic E-state index is 12.5. The van der Waals surface area contributed by atoms with Gasteiger partial charge in [-0.1, -0.05) is 0 Å². The van der Waals surface area contributed by atoms with E-state index >= 15 is 0 Å². The van der Waals surface area contributed by atoms with Crippen LogP contribution in [0.5, 0.6) is 5.88 Å². The van der Waals surface area contributed by atoms with Gasteiger partial charge in [-0.25, -0.2) is 4.79 Å². The zero-order valence-electron chi connectivity index (χ0n) is 13.6. The van der Waals surface area contributed by atoms with Crippen LogP contribution < -0.4 is 9.64 Å². The van der Waals surface area contributed by atoms with Gasteiger partial charge in [-0.05, 0) is 18.6 Å². The fraction of sp³-hybridized carbons (Fsp3) is 0.600. The van der Waals surface area contributed by atoms with E-state index in [4.69, 9.17) is 4.74 Å². The number of methoxy groups -OCH3 is 2. The molecule has 0 bridgehead atoms. The number of rotatable bonds is 4. The number of halogens is 3. The molecule has 0 atom stereocenters. The molecule has 6 nitrogen and oxygen atoms in total. The van der Waals surface area contributed by atoms with Crippen molar-refractivity contribution in [2.45, 2.75) is 12.6 Å². The zero-order chi connectivity index (χ0) is 17.7. The lowest BCUT2D eigenvalue weighted by Crippen LogP contribution is -2.37. The molecular formula is C15H20F3N3O3. The van der Waals surface area contributed by atoms with Crippen molar-refractivity contribution in [1.29, 1.82) is 0 Å². The zero-order valence-corrected chi connectivity index (χ0v) is 13.6. The van der Waals surface area contributed by atoms with Crippen molar-refractivity contribution in [3.05, 3.63) is 17.7 Å². The average molecular weight is 347 g/mol. The number of nitrogens with zero attached hydrogens (tertiary/aromatic N) is 3. The second-order valence-electron chi connectivity index (χ2n) is 5.45. The van der Waals surface area contributed by atoms with E-state index in [1.807, 2.05) is 4.90 Å². The molecule has 0 aliphatic carbocycles. The summed E-state index contributed by atoms with van der Waals surface area (Å²) in [4.78, 5) is 19.2. The maximum Gasteiger partial charge on any atom is 0.401 e. The SMILES string of the molecule is COC(=O)c1ccc(N2CCCN(CC(F)(F)F)CC2)nc1OC. The van der Waals surface area contributed by atoms with Gasteiger partial charge in [0.1, 0.15) is 11.4 Å². The highest BCUT2D eigenvalue weighted by Crippen LogP contribution is 2.23. The lowest BCUT2D eigenvalue weighted by Gasteiger charge is -2.23. The largest absolute Gasteiger partial charge is 0.480 e. The van der Waals surface area contributed by atoms with E-state index in [1.165, 1.54) is 19.1 Å². The van der Waals surface area contributed by atoms with Crippen LogP contribution in [0.3, 0.4) is 0 Å². The first-order chi connectivity index (χ1) is 11.3. The number of anilines is 1. The molecule has 1 fully saturated rings. The van der Waals surface area contributed by atoms with Crippen LogP contribution in [-0.4, -0.2) is 69.0 Å². The molecule has 1 saturated heterocycles. The summed E-state index contributed by atoms with van der Waals surface area (Å²) in [6.07, 6.45) is -3.60. The summed E-state index contributed by atoms with van der Waals surface area (Å²) >= 11 is 0. The quantitative estimate of drug-likeness (QED) is 0.776. The number of ether oxygens (including phenoxy) is 2. The second kappa shape index (κ2) is 7.69. The van der Waals surface area contributed by atoms with Gasteiger partial charge in [0.25, 0.3) is 0 Å². The summed E-state index contributed by atoms with van der Waals surface area (Å²) in [5.41, 5.74) is 0.206. The summed E-state index contributed by atoms with van der Waals surface area (Å²) in [5, 5.41) is 0. The van der Waals surface area contributed by atoms with Gasteiger partial charge in [0.05, 0.1) is 20.8 Å². The Balaban J connectivity index is 2.10. The van der Waals surface area contributed by atoms with E-state index in [0.29, 0.717) is 38.4 Å². The minimum Gasteiger partial charge on any atom is -0.480 e. The first-order valence-electron chi connectivity index (χ1n) is 7.51. The summed E-state index contributed by atoms with van der Waals surface area (Å²) < 4.78 is 47.3. The van der Waals surface area contributed by atoms with E-state index in [0.717, 1.165) is 0 Å². The van der Waals surface area contributed by atoms with Crippen molar-refractivity contribution in [2.75, 3.05) is 51.8 Å². The van der Waals surface area contributed by atoms with Crippen LogP contribution in [0, 0.1) is 0 Å². The molecule has 2 heterocycles. The molecule has 2 rings (SSSR count). The Labute approximate surface area is 138 Å². The van der Waals surface area contributed by atoms with Gasteiger partial charge in [-0.3, -0.25) is 4.90 Å². The third kappa shape index (κ3) is 4.73. The van der Waals surface area contributed by atoms with Crippen molar-refractivity contribution in [3.8, 4) is 5.88 Å². The minimum atomic E-state index is -4.20. The van der Waals surface area contributed by atoms with Gasteiger partial charge in [0.15, 0.2) is 0 Å². The lowest BCUT2D eigenvalue weighted by molar-refractivity contribution is -0.145. The van der Waals surface area contributed by atoms with Crippen molar-refractivity contribution >= 4 is 11.8 Å². The first kappa shape index (κ1) is 18.3. The summed E-state index contributed by atoms with van der Waals surface area (Å²) in [6.45, 7) is 0.778. The molecular weight excluding hydrogens is 327 g/mol. The monoisotopic (exact) mass is 347 g/mol. The Morgan fingerprint density at radius 2 is 1.96 bits per heavy atom. The topological polar surface area (TPSA) is 54.9 Å². The highest BCUT2D eigenvalue weighted by molar-refractivity contribution is 5.92. The summed E-state index contributed by atoms with van der Waals surface area (Å²) in [6, 6.07) is 3.19. The number of hydrogen-bond acceptors (Lipinski definition) is 6. The normalized spacial score (nSPS) is 16.6. The van der Waals surface area contributed by atoms with Gasteiger partial charge >= 0.3 is 12.1 Å².